The molecule has 11 atom stereocenters. The molecule has 2 bridgehead atoms. The molecule has 0 saturated heterocycles. The maximum atomic E-state index is 15.7. The zero-order chi connectivity index (χ0) is 49.5. The minimum atomic E-state index is -2.40. The Morgan fingerprint density at radius 1 is 0.779 bits per heavy atom. The summed E-state index contributed by atoms with van der Waals surface area (Å²) in [4.78, 5) is 98.8. The van der Waals surface area contributed by atoms with Crippen molar-refractivity contribution in [3.05, 3.63) is 119 Å². The fourth-order valence-corrected chi connectivity index (χ4v) is 11.2. The zero-order valence-corrected chi connectivity index (χ0v) is 39.4. The van der Waals surface area contributed by atoms with Gasteiger partial charge in [-0.3, -0.25) is 19.2 Å². The van der Waals surface area contributed by atoms with Crippen LogP contribution in [0.4, 0.5) is 4.79 Å². The van der Waals surface area contributed by atoms with Crippen molar-refractivity contribution in [3.63, 3.8) is 0 Å². The normalized spacial score (nSPS) is 30.0. The quantitative estimate of drug-likeness (QED) is 0.103. The van der Waals surface area contributed by atoms with Crippen LogP contribution in [0.1, 0.15) is 113 Å². The zero-order valence-electron chi connectivity index (χ0n) is 39.4. The van der Waals surface area contributed by atoms with E-state index in [1.165, 1.54) is 32.9 Å². The number of ketones is 1. The van der Waals surface area contributed by atoms with Crippen molar-refractivity contribution in [2.24, 2.45) is 22.7 Å². The topological polar surface area (TPSA) is 227 Å². The van der Waals surface area contributed by atoms with Crippen molar-refractivity contribution < 1.29 is 72.2 Å². The summed E-state index contributed by atoms with van der Waals surface area (Å²) in [6, 6.07) is 22.8. The summed E-state index contributed by atoms with van der Waals surface area (Å²) >= 11 is 0. The molecule has 3 saturated carbocycles. The molecule has 16 heteroatoms. The largest absolute Gasteiger partial charge is 0.509 e. The third-order valence-electron chi connectivity index (χ3n) is 14.6. The molecule has 0 radical (unpaired) electrons. The number of aliphatic hydroxyl groups excluding tert-OH is 1. The summed E-state index contributed by atoms with van der Waals surface area (Å²) in [5, 5.41) is 29.0. The van der Waals surface area contributed by atoms with Crippen LogP contribution in [0.5, 0.6) is 0 Å². The van der Waals surface area contributed by atoms with E-state index in [0.717, 1.165) is 6.92 Å². The molecule has 3 aromatic rings. The Bertz CT molecular complexity index is 2470. The second-order valence-corrected chi connectivity index (χ2v) is 19.3. The summed E-state index contributed by atoms with van der Waals surface area (Å²) in [7, 11) is 0. The molecule has 0 aliphatic heterocycles. The summed E-state index contributed by atoms with van der Waals surface area (Å²) in [5.74, 6) is -7.25. The van der Waals surface area contributed by atoms with Gasteiger partial charge < -0.3 is 44.0 Å². The first-order valence-corrected chi connectivity index (χ1v) is 22.8. The number of esters is 4. The maximum Gasteiger partial charge on any atom is 0.509 e. The van der Waals surface area contributed by atoms with Crippen LogP contribution in [0.3, 0.4) is 0 Å². The van der Waals surface area contributed by atoms with Crippen LogP contribution in [-0.2, 0) is 47.6 Å². The fourth-order valence-electron chi connectivity index (χ4n) is 11.2. The summed E-state index contributed by atoms with van der Waals surface area (Å²) in [6.45, 7) is 11.6. The van der Waals surface area contributed by atoms with E-state index in [4.69, 9.17) is 28.4 Å². The van der Waals surface area contributed by atoms with Gasteiger partial charge in [0.2, 0.25) is 6.10 Å². The Hall–Kier alpha value is -6.39. The summed E-state index contributed by atoms with van der Waals surface area (Å²) in [5.41, 5.74) is -6.92. The number of benzene rings is 3. The highest BCUT2D eigenvalue weighted by Gasteiger charge is 2.77. The van der Waals surface area contributed by atoms with Gasteiger partial charge in [0.1, 0.15) is 29.5 Å². The Morgan fingerprint density at radius 3 is 1.91 bits per heavy atom. The molecular formula is C52H59NO15. The molecule has 3 N–H and O–H groups in total. The van der Waals surface area contributed by atoms with Gasteiger partial charge in [-0.05, 0) is 87.9 Å². The van der Waals surface area contributed by atoms with E-state index in [-0.39, 0.29) is 35.1 Å². The molecule has 16 nitrogen and oxygen atoms in total. The van der Waals surface area contributed by atoms with Crippen LogP contribution in [0, 0.1) is 22.7 Å². The first-order chi connectivity index (χ1) is 32.1. The lowest BCUT2D eigenvalue weighted by molar-refractivity contribution is -0.296. The van der Waals surface area contributed by atoms with Gasteiger partial charge in [-0.2, -0.15) is 0 Å². The molecule has 0 aromatic heterocycles. The molecule has 1 amide bonds. The minimum absolute atomic E-state index is 0.0113. The van der Waals surface area contributed by atoms with Gasteiger partial charge in [0.25, 0.3) is 5.91 Å². The lowest BCUT2D eigenvalue weighted by Gasteiger charge is -2.68. The number of aliphatic hydroxyl groups is 2. The molecule has 3 aromatic carbocycles. The molecule has 4 aliphatic rings. The van der Waals surface area contributed by atoms with Crippen LogP contribution in [-0.4, -0.2) is 99.8 Å². The van der Waals surface area contributed by atoms with E-state index in [9.17, 15) is 34.2 Å². The smallest absolute Gasteiger partial charge is 0.458 e. The van der Waals surface area contributed by atoms with Crippen molar-refractivity contribution in [2.75, 3.05) is 0 Å². The second kappa shape index (κ2) is 18.9. The van der Waals surface area contributed by atoms with E-state index in [1.54, 1.807) is 107 Å². The van der Waals surface area contributed by atoms with Gasteiger partial charge in [-0.1, -0.05) is 80.6 Å². The third-order valence-corrected chi connectivity index (χ3v) is 14.6. The Labute approximate surface area is 394 Å². The highest BCUT2D eigenvalue weighted by atomic mass is 16.7. The number of carbonyl (C=O) groups is 7. The van der Waals surface area contributed by atoms with Crippen molar-refractivity contribution in [2.45, 2.75) is 135 Å². The van der Waals surface area contributed by atoms with Crippen molar-refractivity contribution in [3.8, 4) is 0 Å². The number of fused-ring (bicyclic) bond motifs is 5. The number of nitrogens with one attached hydrogen (secondary N) is 1. The van der Waals surface area contributed by atoms with Crippen molar-refractivity contribution in [1.82, 2.24) is 5.32 Å². The molecule has 0 heterocycles. The van der Waals surface area contributed by atoms with Crippen LogP contribution >= 0.6 is 0 Å². The van der Waals surface area contributed by atoms with Crippen molar-refractivity contribution >= 4 is 41.7 Å². The lowest BCUT2D eigenvalue weighted by Crippen LogP contribution is -2.78. The third kappa shape index (κ3) is 8.79. The summed E-state index contributed by atoms with van der Waals surface area (Å²) in [6.07, 6.45) is -10.5. The average molecular weight is 938 g/mol. The van der Waals surface area contributed by atoms with E-state index in [1.807, 2.05) is 0 Å². The van der Waals surface area contributed by atoms with E-state index < -0.39 is 125 Å². The van der Waals surface area contributed by atoms with Gasteiger partial charge in [0.15, 0.2) is 11.9 Å². The van der Waals surface area contributed by atoms with Gasteiger partial charge in [-0.25, -0.2) is 14.4 Å². The molecule has 362 valence electrons. The fraction of sp³-hybridized carbons (Fsp3) is 0.481. The predicted molar refractivity (Wildman–Crippen MR) is 241 cm³/mol. The van der Waals surface area contributed by atoms with E-state index in [2.05, 4.69) is 5.32 Å². The first-order valence-electron chi connectivity index (χ1n) is 22.8. The molecule has 0 spiro atoms. The van der Waals surface area contributed by atoms with E-state index in [0.29, 0.717) is 12.0 Å². The molecule has 7 rings (SSSR count). The van der Waals surface area contributed by atoms with Crippen LogP contribution in [0.25, 0.3) is 0 Å². The minimum Gasteiger partial charge on any atom is -0.458 e. The number of carbonyl (C=O) groups excluding carboxylic acids is 7. The number of Topliss-reactive ketones (excluding diaryl/α,β-unsaturated/α-hetero) is 1. The molecular weight excluding hydrogens is 879 g/mol. The van der Waals surface area contributed by atoms with Crippen molar-refractivity contribution in [1.29, 1.82) is 0 Å². The van der Waals surface area contributed by atoms with Gasteiger partial charge in [0, 0.05) is 37.2 Å². The molecule has 4 aliphatic carbocycles. The Kier molecular flexibility index (Phi) is 13.8. The van der Waals surface area contributed by atoms with Gasteiger partial charge >= 0.3 is 30.0 Å². The Balaban J connectivity index is 1.43. The van der Waals surface area contributed by atoms with Crippen LogP contribution < -0.4 is 5.32 Å². The maximum absolute atomic E-state index is 15.7. The summed E-state index contributed by atoms with van der Waals surface area (Å²) < 4.78 is 36.1. The van der Waals surface area contributed by atoms with Gasteiger partial charge in [-0.15, -0.1) is 0 Å². The Morgan fingerprint density at radius 2 is 1.37 bits per heavy atom. The molecule has 3 fully saturated rings. The molecule has 68 heavy (non-hydrogen) atoms. The predicted octanol–water partition coefficient (Wildman–Crippen LogP) is 6.32. The number of hydrogen-bond donors (Lipinski definition) is 3. The second-order valence-electron chi connectivity index (χ2n) is 19.3. The lowest BCUT2D eigenvalue weighted by atomic mass is 9.41. The molecule has 1 unspecified atom stereocenters. The van der Waals surface area contributed by atoms with Crippen LogP contribution in [0.2, 0.25) is 0 Å². The number of hydrogen-bond acceptors (Lipinski definition) is 15. The van der Waals surface area contributed by atoms with Gasteiger partial charge in [0.05, 0.1) is 29.1 Å². The van der Waals surface area contributed by atoms with Crippen LogP contribution in [0.15, 0.2) is 102 Å². The average Bonchev–Trinajstić information content (AvgIpc) is 3.28. The number of amides is 1. The monoisotopic (exact) mass is 937 g/mol. The highest BCUT2D eigenvalue weighted by molar-refractivity contribution is 5.96. The van der Waals surface area contributed by atoms with E-state index >= 15 is 9.59 Å². The number of ether oxygens (including phenoxy) is 6. The standard InChI is InChI=1S/C52H59NO15/c1-28(2)63-48(61)66-41(39(32-18-12-9-13-19-32)53-45(58)33-20-14-10-15-21-33)47(60)65-36-27-52(62)44(67-46(59)34-22-16-11-17-23-34)42-50(8,37(56)26-35-24-25-51(35,42)68-31(5)55)43(57)40(64-30(4)54)38(29(36)3)49(52,6)7/h9-23,28,35-37,39-42,44,56,62H,24-27H2,1-8H3,(H,53,58)/t35-,36+,37+,39+,40-,41-,42?,44+,50-,51+,52-/m1/s1. The number of rotatable bonds is 12. The first kappa shape index (κ1) is 49.5. The highest BCUT2D eigenvalue weighted by Crippen LogP contribution is 2.67. The SMILES string of the molecule is CC(=O)O[C@H]1C(=O)[C@@]2(C)C([C@H](OC(=O)c3ccccc3)[C@]3(O)C[C@H](OC(=O)[C@H](OC(=O)OC(C)C)[C@@H](NC(=O)c4ccccc4)c4ccccc4)C(C)=C1C3(C)C)[C@]1(OC(C)=O)CC[C@@H]1C[C@@H]2O.